The molecule has 3 aromatic rings. The molecular weight excluding hydrogens is 284 g/mol. The molecule has 0 unspecified atom stereocenters. The highest BCUT2D eigenvalue weighted by atomic mass is 16.5. The second-order valence-corrected chi connectivity index (χ2v) is 5.46. The summed E-state index contributed by atoms with van der Waals surface area (Å²) in [5.41, 5.74) is 5.24. The molecule has 0 N–H and O–H groups in total. The molecule has 116 valence electrons. The van der Waals surface area contributed by atoms with E-state index in [0.29, 0.717) is 0 Å². The number of nitrogens with zero attached hydrogens (tertiary/aromatic N) is 2. The lowest BCUT2D eigenvalue weighted by atomic mass is 10.1. The first-order valence-electron chi connectivity index (χ1n) is 7.86. The Morgan fingerprint density at radius 2 is 1.30 bits per heavy atom. The van der Waals surface area contributed by atoms with Gasteiger partial charge in [0.2, 0.25) is 0 Å². The van der Waals surface area contributed by atoms with Gasteiger partial charge in [-0.3, -0.25) is 9.97 Å². The number of aryl methyl sites for hydroxylation is 1. The van der Waals surface area contributed by atoms with Gasteiger partial charge in [0.15, 0.2) is 0 Å². The Hall–Kier alpha value is -2.68. The van der Waals surface area contributed by atoms with Crippen molar-refractivity contribution in [2.24, 2.45) is 0 Å². The van der Waals surface area contributed by atoms with Gasteiger partial charge in [-0.1, -0.05) is 37.6 Å². The molecule has 0 amide bonds. The molecule has 0 radical (unpaired) electrons. The summed E-state index contributed by atoms with van der Waals surface area (Å²) in [6.07, 6.45) is 5.92. The van der Waals surface area contributed by atoms with Crippen LogP contribution >= 0.6 is 0 Å². The van der Waals surface area contributed by atoms with E-state index < -0.39 is 0 Å². The number of hydrogen-bond donors (Lipinski definition) is 0. The predicted octanol–water partition coefficient (Wildman–Crippen LogP) is 4.77. The van der Waals surface area contributed by atoms with Gasteiger partial charge in [-0.15, -0.1) is 0 Å². The zero-order chi connectivity index (χ0) is 16.1. The van der Waals surface area contributed by atoms with Crippen molar-refractivity contribution in [3.8, 4) is 28.3 Å². The molecule has 0 bridgehead atoms. The first-order chi connectivity index (χ1) is 11.3. The summed E-state index contributed by atoms with van der Waals surface area (Å²) in [5.74, 6) is 0.838. The van der Waals surface area contributed by atoms with E-state index in [9.17, 15) is 0 Å². The molecule has 0 aliphatic rings. The first-order valence-corrected chi connectivity index (χ1v) is 7.86. The Balaban J connectivity index is 1.80. The van der Waals surface area contributed by atoms with Gasteiger partial charge in [0.1, 0.15) is 5.75 Å². The molecule has 0 atom stereocenters. The van der Waals surface area contributed by atoms with Gasteiger partial charge in [-0.05, 0) is 36.2 Å². The van der Waals surface area contributed by atoms with E-state index in [1.807, 2.05) is 36.7 Å². The highest BCUT2D eigenvalue weighted by Gasteiger charge is 2.04. The van der Waals surface area contributed by atoms with Crippen molar-refractivity contribution in [3.05, 3.63) is 66.5 Å². The van der Waals surface area contributed by atoms with E-state index in [0.717, 1.165) is 41.1 Å². The van der Waals surface area contributed by atoms with E-state index >= 15 is 0 Å². The van der Waals surface area contributed by atoms with Crippen LogP contribution in [0.15, 0.2) is 60.9 Å². The fourth-order valence-electron chi connectivity index (χ4n) is 2.52. The molecule has 0 saturated carbocycles. The van der Waals surface area contributed by atoms with Crippen LogP contribution in [0.4, 0.5) is 0 Å². The zero-order valence-electron chi connectivity index (χ0n) is 13.5. The summed E-state index contributed by atoms with van der Waals surface area (Å²) in [6, 6.07) is 16.4. The molecule has 1 heterocycles. The van der Waals surface area contributed by atoms with Crippen LogP contribution in [0.5, 0.6) is 5.75 Å². The third-order valence-corrected chi connectivity index (χ3v) is 3.83. The number of ether oxygens (including phenoxy) is 1. The van der Waals surface area contributed by atoms with Crippen molar-refractivity contribution in [1.29, 1.82) is 0 Å². The van der Waals surface area contributed by atoms with Gasteiger partial charge < -0.3 is 4.74 Å². The van der Waals surface area contributed by atoms with Crippen LogP contribution in [0.2, 0.25) is 0 Å². The second kappa shape index (κ2) is 7.05. The maximum Gasteiger partial charge on any atom is 0.118 e. The Morgan fingerprint density at radius 1 is 0.783 bits per heavy atom. The van der Waals surface area contributed by atoms with Crippen molar-refractivity contribution >= 4 is 0 Å². The lowest BCUT2D eigenvalue weighted by molar-refractivity contribution is 0.415. The molecule has 3 heteroatoms. The molecule has 1 aromatic heterocycles. The molecule has 0 aliphatic heterocycles. The van der Waals surface area contributed by atoms with Crippen LogP contribution < -0.4 is 4.74 Å². The number of methoxy groups -OCH3 is 1. The van der Waals surface area contributed by atoms with Crippen LogP contribution in [0.25, 0.3) is 22.5 Å². The van der Waals surface area contributed by atoms with Crippen LogP contribution in [0.1, 0.15) is 18.9 Å². The minimum absolute atomic E-state index is 0.838. The van der Waals surface area contributed by atoms with Gasteiger partial charge in [-0.2, -0.15) is 0 Å². The van der Waals surface area contributed by atoms with Gasteiger partial charge >= 0.3 is 0 Å². The topological polar surface area (TPSA) is 35.0 Å². The number of aromatic nitrogens is 2. The third-order valence-electron chi connectivity index (χ3n) is 3.83. The maximum atomic E-state index is 5.17. The summed E-state index contributed by atoms with van der Waals surface area (Å²) in [4.78, 5) is 9.09. The smallest absolute Gasteiger partial charge is 0.118 e. The van der Waals surface area contributed by atoms with Crippen molar-refractivity contribution in [1.82, 2.24) is 9.97 Å². The third kappa shape index (κ3) is 3.57. The molecule has 23 heavy (non-hydrogen) atoms. The van der Waals surface area contributed by atoms with Crippen molar-refractivity contribution in [3.63, 3.8) is 0 Å². The van der Waals surface area contributed by atoms with Crippen LogP contribution in [0.3, 0.4) is 0 Å². The number of benzene rings is 2. The van der Waals surface area contributed by atoms with E-state index in [1.165, 1.54) is 5.56 Å². The van der Waals surface area contributed by atoms with Gasteiger partial charge in [0, 0.05) is 11.1 Å². The quantitative estimate of drug-likeness (QED) is 0.681. The molecule has 0 aliphatic carbocycles. The highest BCUT2D eigenvalue weighted by molar-refractivity contribution is 5.63. The molecule has 0 saturated heterocycles. The molecule has 3 rings (SSSR count). The highest BCUT2D eigenvalue weighted by Crippen LogP contribution is 2.22. The molecule has 3 nitrogen and oxygen atoms in total. The van der Waals surface area contributed by atoms with E-state index in [4.69, 9.17) is 4.74 Å². The fourth-order valence-corrected chi connectivity index (χ4v) is 2.52. The monoisotopic (exact) mass is 304 g/mol. The summed E-state index contributed by atoms with van der Waals surface area (Å²) in [6.45, 7) is 2.19. The Kier molecular flexibility index (Phi) is 4.67. The normalized spacial score (nSPS) is 10.5. The molecular formula is C20H20N2O. The largest absolute Gasteiger partial charge is 0.497 e. The molecule has 0 spiro atoms. The van der Waals surface area contributed by atoms with Gasteiger partial charge in [0.05, 0.1) is 30.9 Å². The zero-order valence-corrected chi connectivity index (χ0v) is 13.5. The van der Waals surface area contributed by atoms with Gasteiger partial charge in [-0.25, -0.2) is 0 Å². The van der Waals surface area contributed by atoms with E-state index in [1.54, 1.807) is 7.11 Å². The maximum absolute atomic E-state index is 5.17. The van der Waals surface area contributed by atoms with Crippen LogP contribution in [0, 0.1) is 0 Å². The molecule has 2 aromatic carbocycles. The summed E-state index contributed by atoms with van der Waals surface area (Å²) >= 11 is 0. The lowest BCUT2D eigenvalue weighted by Crippen LogP contribution is -1.90. The van der Waals surface area contributed by atoms with Crippen LogP contribution in [-0.2, 0) is 6.42 Å². The molecule has 0 fully saturated rings. The number of rotatable bonds is 5. The Labute approximate surface area is 137 Å². The van der Waals surface area contributed by atoms with Crippen molar-refractivity contribution < 1.29 is 4.74 Å². The SMILES string of the molecule is CCCc1ccc(-c2cnc(-c3ccc(OC)cc3)cn2)cc1. The van der Waals surface area contributed by atoms with Crippen molar-refractivity contribution in [2.45, 2.75) is 19.8 Å². The standard InChI is InChI=1S/C20H20N2O/c1-3-4-15-5-7-16(8-6-15)19-13-22-20(14-21-19)17-9-11-18(23-2)12-10-17/h5-14H,3-4H2,1-2H3. The minimum Gasteiger partial charge on any atom is -0.497 e. The van der Waals surface area contributed by atoms with E-state index in [-0.39, 0.29) is 0 Å². The minimum atomic E-state index is 0.838. The summed E-state index contributed by atoms with van der Waals surface area (Å²) in [7, 11) is 1.66. The summed E-state index contributed by atoms with van der Waals surface area (Å²) in [5, 5.41) is 0. The predicted molar refractivity (Wildman–Crippen MR) is 93.5 cm³/mol. The van der Waals surface area contributed by atoms with Crippen LogP contribution in [-0.4, -0.2) is 17.1 Å². The average Bonchev–Trinajstić information content (AvgIpc) is 2.63. The van der Waals surface area contributed by atoms with Gasteiger partial charge in [0.25, 0.3) is 0 Å². The fraction of sp³-hybridized carbons (Fsp3) is 0.200. The Bertz CT molecular complexity index is 747. The lowest BCUT2D eigenvalue weighted by Gasteiger charge is -2.05. The Morgan fingerprint density at radius 3 is 1.74 bits per heavy atom. The number of hydrogen-bond acceptors (Lipinski definition) is 3. The summed E-state index contributed by atoms with van der Waals surface area (Å²) < 4.78 is 5.17. The van der Waals surface area contributed by atoms with Crippen molar-refractivity contribution in [2.75, 3.05) is 7.11 Å². The first kappa shape index (κ1) is 15.2. The van der Waals surface area contributed by atoms with E-state index in [2.05, 4.69) is 41.2 Å². The average molecular weight is 304 g/mol. The second-order valence-electron chi connectivity index (χ2n) is 5.46.